The normalized spacial score (nSPS) is 16.8. The number of halogens is 5. The summed E-state index contributed by atoms with van der Waals surface area (Å²) < 4.78 is 65.4. The lowest BCUT2D eigenvalue weighted by Crippen LogP contribution is -2.49. The van der Waals surface area contributed by atoms with Crippen LogP contribution in [0.1, 0.15) is 34.1 Å². The number of rotatable bonds is 4. The topological polar surface area (TPSA) is 26.3 Å². The van der Waals surface area contributed by atoms with E-state index in [0.717, 1.165) is 0 Å². The summed E-state index contributed by atoms with van der Waals surface area (Å²) in [5.41, 5.74) is -1.34. The quantitative estimate of drug-likeness (QED) is 0.572. The van der Waals surface area contributed by atoms with Gasteiger partial charge in [-0.1, -0.05) is 20.8 Å². The minimum Gasteiger partial charge on any atom is -0.454 e. The van der Waals surface area contributed by atoms with Crippen molar-refractivity contribution in [1.29, 1.82) is 0 Å². The number of alkyl halides is 5. The molecule has 0 spiro atoms. The highest BCUT2D eigenvalue weighted by molar-refractivity contribution is 5.79. The van der Waals surface area contributed by atoms with Gasteiger partial charge >= 0.3 is 18.1 Å². The number of hydrogen-bond donors (Lipinski definition) is 0. The molecule has 17 heavy (non-hydrogen) atoms. The van der Waals surface area contributed by atoms with Crippen molar-refractivity contribution in [2.45, 2.75) is 51.8 Å². The summed E-state index contributed by atoms with van der Waals surface area (Å²) in [6, 6.07) is 0. The first-order valence-electron chi connectivity index (χ1n) is 5.06. The lowest BCUT2D eigenvalue weighted by Gasteiger charge is -2.33. The van der Waals surface area contributed by atoms with Crippen LogP contribution in [0.2, 0.25) is 0 Å². The largest absolute Gasteiger partial charge is 0.465 e. The first-order valence-corrected chi connectivity index (χ1v) is 5.06. The third kappa shape index (κ3) is 3.29. The highest BCUT2D eigenvalue weighted by Gasteiger charge is 2.65. The molecule has 0 aliphatic rings. The van der Waals surface area contributed by atoms with Gasteiger partial charge in [0.25, 0.3) is 0 Å². The zero-order valence-electron chi connectivity index (χ0n) is 9.99. The molecule has 0 aromatic carbocycles. The van der Waals surface area contributed by atoms with E-state index >= 15 is 0 Å². The third-order valence-electron chi connectivity index (χ3n) is 2.86. The molecule has 0 fully saturated rings. The number of carbonyl (C=O) groups excluding carboxylic acids is 1. The Hall–Kier alpha value is -0.880. The molecule has 7 heteroatoms. The molecule has 0 aliphatic carbocycles. The lowest BCUT2D eigenvalue weighted by molar-refractivity contribution is -0.286. The molecule has 1 unspecified atom stereocenters. The van der Waals surface area contributed by atoms with Crippen LogP contribution in [-0.4, -0.2) is 23.7 Å². The van der Waals surface area contributed by atoms with Crippen LogP contribution in [0.5, 0.6) is 0 Å². The van der Waals surface area contributed by atoms with E-state index in [1.807, 2.05) is 0 Å². The molecule has 0 saturated heterocycles. The molecule has 0 amide bonds. The van der Waals surface area contributed by atoms with Gasteiger partial charge in [-0.2, -0.15) is 22.0 Å². The molecule has 1 atom stereocenters. The average Bonchev–Trinajstić information content (AvgIpc) is 2.15. The Kier molecular flexibility index (Phi) is 4.53. The number of carbonyl (C=O) groups is 1. The van der Waals surface area contributed by atoms with Crippen LogP contribution >= 0.6 is 0 Å². The van der Waals surface area contributed by atoms with E-state index in [4.69, 9.17) is 0 Å². The molecule has 0 heterocycles. The number of hydrogen-bond acceptors (Lipinski definition) is 2. The second-order valence-electron chi connectivity index (χ2n) is 4.28. The smallest absolute Gasteiger partial charge is 0.454 e. The van der Waals surface area contributed by atoms with Crippen molar-refractivity contribution in [1.82, 2.24) is 0 Å². The molecular weight excluding hydrogens is 247 g/mol. The molecule has 0 bridgehead atoms. The maximum atomic E-state index is 12.7. The van der Waals surface area contributed by atoms with Crippen molar-refractivity contribution in [2.75, 3.05) is 0 Å². The van der Waals surface area contributed by atoms with Crippen LogP contribution in [0, 0.1) is 5.92 Å². The average molecular weight is 262 g/mol. The molecule has 0 N–H and O–H groups in total. The highest BCUT2D eigenvalue weighted by Crippen LogP contribution is 2.38. The van der Waals surface area contributed by atoms with Crippen molar-refractivity contribution in [3.8, 4) is 0 Å². The van der Waals surface area contributed by atoms with Gasteiger partial charge in [-0.3, -0.25) is 0 Å². The van der Waals surface area contributed by atoms with E-state index in [2.05, 4.69) is 4.74 Å². The number of esters is 1. The van der Waals surface area contributed by atoms with Gasteiger partial charge in [-0.15, -0.1) is 0 Å². The minimum absolute atomic E-state index is 0.143. The zero-order chi connectivity index (χ0) is 14.1. The van der Waals surface area contributed by atoms with Crippen molar-refractivity contribution in [3.05, 3.63) is 0 Å². The van der Waals surface area contributed by atoms with Gasteiger partial charge < -0.3 is 4.74 Å². The third-order valence-corrected chi connectivity index (χ3v) is 2.86. The van der Waals surface area contributed by atoms with Crippen LogP contribution < -0.4 is 0 Å². The first-order chi connectivity index (χ1) is 7.38. The second-order valence-corrected chi connectivity index (χ2v) is 4.28. The molecule has 0 aromatic heterocycles. The molecule has 0 aromatic rings. The summed E-state index contributed by atoms with van der Waals surface area (Å²) in [6.45, 7) is 6.01. The molecule has 0 radical (unpaired) electrons. The zero-order valence-corrected chi connectivity index (χ0v) is 9.99. The standard InChI is InChI=1S/C10H15F5O2/c1-5-8(4,6(2)3)17-7(16)9(11,12)10(13,14)15/h6H,5H2,1-4H3. The summed E-state index contributed by atoms with van der Waals surface area (Å²) in [5.74, 6) is -8.40. The predicted octanol–water partition coefficient (Wildman–Crippen LogP) is 3.55. The fourth-order valence-electron chi connectivity index (χ4n) is 0.990. The maximum Gasteiger partial charge on any atom is 0.465 e. The summed E-state index contributed by atoms with van der Waals surface area (Å²) in [6.07, 6.45) is -5.79. The molecule has 102 valence electrons. The van der Waals surface area contributed by atoms with Crippen molar-refractivity contribution in [3.63, 3.8) is 0 Å². The van der Waals surface area contributed by atoms with Crippen LogP contribution in [0.25, 0.3) is 0 Å². The number of ether oxygens (including phenoxy) is 1. The van der Waals surface area contributed by atoms with Gasteiger partial charge in [0.15, 0.2) is 0 Å². The fraction of sp³-hybridized carbons (Fsp3) is 0.900. The van der Waals surface area contributed by atoms with Crippen LogP contribution in [0.3, 0.4) is 0 Å². The van der Waals surface area contributed by atoms with Gasteiger partial charge in [-0.05, 0) is 19.3 Å². The minimum atomic E-state index is -5.93. The molecule has 0 aliphatic heterocycles. The van der Waals surface area contributed by atoms with Crippen LogP contribution in [0.4, 0.5) is 22.0 Å². The summed E-state index contributed by atoms with van der Waals surface area (Å²) in [7, 11) is 0. The van der Waals surface area contributed by atoms with Crippen LogP contribution in [0.15, 0.2) is 0 Å². The monoisotopic (exact) mass is 262 g/mol. The Morgan fingerprint density at radius 2 is 1.59 bits per heavy atom. The summed E-state index contributed by atoms with van der Waals surface area (Å²) >= 11 is 0. The molecule has 0 saturated carbocycles. The highest BCUT2D eigenvalue weighted by atomic mass is 19.4. The Bertz CT molecular complexity index is 285. The van der Waals surface area contributed by atoms with Crippen molar-refractivity contribution < 1.29 is 31.5 Å². The van der Waals surface area contributed by atoms with Gasteiger partial charge in [0.1, 0.15) is 5.60 Å². The van der Waals surface area contributed by atoms with E-state index in [-0.39, 0.29) is 12.3 Å². The van der Waals surface area contributed by atoms with E-state index in [1.165, 1.54) is 6.92 Å². The summed E-state index contributed by atoms with van der Waals surface area (Å²) in [5, 5.41) is 0. The maximum absolute atomic E-state index is 12.7. The fourth-order valence-corrected chi connectivity index (χ4v) is 0.990. The second kappa shape index (κ2) is 4.78. The van der Waals surface area contributed by atoms with Gasteiger partial charge in [0.05, 0.1) is 0 Å². The molecular formula is C10H15F5O2. The summed E-state index contributed by atoms with van der Waals surface area (Å²) in [4.78, 5) is 10.9. The van der Waals surface area contributed by atoms with Gasteiger partial charge in [-0.25, -0.2) is 4.79 Å². The molecule has 2 nitrogen and oxygen atoms in total. The van der Waals surface area contributed by atoms with Crippen LogP contribution in [-0.2, 0) is 9.53 Å². The lowest BCUT2D eigenvalue weighted by atomic mass is 9.89. The Morgan fingerprint density at radius 3 is 1.82 bits per heavy atom. The van der Waals surface area contributed by atoms with E-state index < -0.39 is 23.7 Å². The van der Waals surface area contributed by atoms with E-state index in [9.17, 15) is 26.7 Å². The van der Waals surface area contributed by atoms with Gasteiger partial charge in [0.2, 0.25) is 0 Å². The van der Waals surface area contributed by atoms with Crippen molar-refractivity contribution >= 4 is 5.97 Å². The predicted molar refractivity (Wildman–Crippen MR) is 50.6 cm³/mol. The molecule has 0 rings (SSSR count). The van der Waals surface area contributed by atoms with Crippen molar-refractivity contribution in [2.24, 2.45) is 5.92 Å². The SMILES string of the molecule is CCC(C)(OC(=O)C(F)(F)C(F)(F)F)C(C)C. The Balaban J connectivity index is 4.99. The first kappa shape index (κ1) is 16.1. The Labute approximate surface area is 96.1 Å². The Morgan fingerprint density at radius 1 is 1.18 bits per heavy atom. The van der Waals surface area contributed by atoms with E-state index in [1.54, 1.807) is 20.8 Å². The van der Waals surface area contributed by atoms with Gasteiger partial charge in [0, 0.05) is 0 Å². The van der Waals surface area contributed by atoms with E-state index in [0.29, 0.717) is 0 Å².